The van der Waals surface area contributed by atoms with Crippen molar-refractivity contribution in [3.8, 4) is 5.75 Å². The van der Waals surface area contributed by atoms with E-state index in [1.807, 2.05) is 12.1 Å². The van der Waals surface area contributed by atoms with Crippen molar-refractivity contribution in [3.05, 3.63) is 45.9 Å². The number of fused-ring (bicyclic) bond motifs is 1. The maximum atomic E-state index is 5.98. The van der Waals surface area contributed by atoms with Crippen LogP contribution in [0.1, 0.15) is 44.0 Å². The van der Waals surface area contributed by atoms with Crippen molar-refractivity contribution in [2.24, 2.45) is 4.99 Å². The van der Waals surface area contributed by atoms with Crippen molar-refractivity contribution in [1.82, 2.24) is 15.6 Å². The maximum absolute atomic E-state index is 5.98. The highest BCUT2D eigenvalue weighted by Crippen LogP contribution is 2.28. The third-order valence-electron chi connectivity index (χ3n) is 4.15. The summed E-state index contributed by atoms with van der Waals surface area (Å²) in [5, 5.41) is 9.94. The first-order valence-electron chi connectivity index (χ1n) is 9.17. The van der Waals surface area contributed by atoms with Crippen LogP contribution in [0.5, 0.6) is 5.75 Å². The van der Waals surface area contributed by atoms with E-state index in [9.17, 15) is 0 Å². The van der Waals surface area contributed by atoms with Gasteiger partial charge in [-0.05, 0) is 18.6 Å². The monoisotopic (exact) mass is 500 g/mol. The van der Waals surface area contributed by atoms with Gasteiger partial charge in [0, 0.05) is 23.8 Å². The average molecular weight is 500 g/mol. The average Bonchev–Trinajstić information content (AvgIpc) is 3.23. The topological polar surface area (TPSA) is 58.5 Å². The number of nitrogens with zero attached hydrogens (tertiary/aromatic N) is 2. The lowest BCUT2D eigenvalue weighted by Crippen LogP contribution is -2.42. The lowest BCUT2D eigenvalue weighted by Gasteiger charge is -2.15. The highest BCUT2D eigenvalue weighted by atomic mass is 127. The van der Waals surface area contributed by atoms with Crippen LogP contribution in [-0.2, 0) is 18.4 Å². The third kappa shape index (κ3) is 6.07. The molecule has 1 aromatic heterocycles. The van der Waals surface area contributed by atoms with Gasteiger partial charge in [-0.15, -0.1) is 35.3 Å². The molecule has 1 aliphatic rings. The van der Waals surface area contributed by atoms with Crippen molar-refractivity contribution < 1.29 is 4.74 Å². The first kappa shape index (κ1) is 21.9. The number of aliphatic imine (C=N–C) groups is 1. The largest absolute Gasteiger partial charge is 0.488 e. The van der Waals surface area contributed by atoms with Crippen LogP contribution in [0.2, 0.25) is 0 Å². The summed E-state index contributed by atoms with van der Waals surface area (Å²) in [6.45, 7) is 10.7. The van der Waals surface area contributed by atoms with E-state index in [0.29, 0.717) is 6.54 Å². The molecule has 0 saturated heterocycles. The van der Waals surface area contributed by atoms with Crippen LogP contribution in [0.3, 0.4) is 0 Å². The van der Waals surface area contributed by atoms with E-state index in [1.165, 1.54) is 5.56 Å². The Hall–Kier alpha value is -1.35. The molecule has 0 saturated carbocycles. The van der Waals surface area contributed by atoms with E-state index in [1.54, 1.807) is 11.3 Å². The fourth-order valence-electron chi connectivity index (χ4n) is 2.80. The lowest BCUT2D eigenvalue weighted by molar-refractivity contribution is 0.235. The van der Waals surface area contributed by atoms with Crippen molar-refractivity contribution in [2.45, 2.75) is 52.2 Å². The van der Waals surface area contributed by atoms with Gasteiger partial charge in [0.05, 0.1) is 23.8 Å². The smallest absolute Gasteiger partial charge is 0.191 e. The predicted octanol–water partition coefficient (Wildman–Crippen LogP) is 4.12. The SMILES string of the molecule is CCNC(=NCc1csc(C(C)(C)C)n1)NCC1Cc2ccccc2O1.I. The minimum Gasteiger partial charge on any atom is -0.488 e. The summed E-state index contributed by atoms with van der Waals surface area (Å²) in [6.07, 6.45) is 1.08. The number of halogens is 1. The number of benzene rings is 1. The Kier molecular flexibility index (Phi) is 7.91. The summed E-state index contributed by atoms with van der Waals surface area (Å²) in [6, 6.07) is 8.23. The standard InChI is InChI=1S/C20H28N4OS.HI/c1-5-21-19(22-11-15-13-26-18(24-15)20(2,3)4)23-12-16-10-14-8-6-7-9-17(14)25-16;/h6-9,13,16H,5,10-12H2,1-4H3,(H2,21,22,23);1H. The summed E-state index contributed by atoms with van der Waals surface area (Å²) in [7, 11) is 0. The number of nitrogens with one attached hydrogen (secondary N) is 2. The van der Waals surface area contributed by atoms with E-state index in [2.05, 4.69) is 60.8 Å². The molecule has 0 spiro atoms. The van der Waals surface area contributed by atoms with Crippen LogP contribution in [-0.4, -0.2) is 30.1 Å². The minimum atomic E-state index is 0. The quantitative estimate of drug-likeness (QED) is 0.369. The fraction of sp³-hybridized carbons (Fsp3) is 0.500. The molecule has 2 heterocycles. The van der Waals surface area contributed by atoms with Crippen molar-refractivity contribution in [2.75, 3.05) is 13.1 Å². The second-order valence-electron chi connectivity index (χ2n) is 7.52. The van der Waals surface area contributed by atoms with Crippen LogP contribution in [0.25, 0.3) is 0 Å². The number of ether oxygens (including phenoxy) is 1. The van der Waals surface area contributed by atoms with E-state index in [-0.39, 0.29) is 35.5 Å². The van der Waals surface area contributed by atoms with Crippen LogP contribution in [0, 0.1) is 0 Å². The molecule has 2 aromatic rings. The van der Waals surface area contributed by atoms with Gasteiger partial charge in [0.25, 0.3) is 0 Å². The second kappa shape index (κ2) is 9.73. The molecule has 1 unspecified atom stereocenters. The number of hydrogen-bond acceptors (Lipinski definition) is 4. The molecule has 5 nitrogen and oxygen atoms in total. The van der Waals surface area contributed by atoms with Crippen LogP contribution < -0.4 is 15.4 Å². The Morgan fingerprint density at radius 1 is 1.30 bits per heavy atom. The van der Waals surface area contributed by atoms with E-state index in [0.717, 1.165) is 41.9 Å². The van der Waals surface area contributed by atoms with Gasteiger partial charge >= 0.3 is 0 Å². The van der Waals surface area contributed by atoms with Gasteiger partial charge in [0.2, 0.25) is 0 Å². The van der Waals surface area contributed by atoms with E-state index >= 15 is 0 Å². The third-order valence-corrected chi connectivity index (χ3v) is 5.46. The van der Waals surface area contributed by atoms with Gasteiger partial charge in [-0.2, -0.15) is 0 Å². The molecule has 2 N–H and O–H groups in total. The zero-order valence-corrected chi connectivity index (χ0v) is 19.6. The zero-order chi connectivity index (χ0) is 18.6. The van der Waals surface area contributed by atoms with Gasteiger partial charge in [-0.1, -0.05) is 39.0 Å². The van der Waals surface area contributed by atoms with Crippen LogP contribution >= 0.6 is 35.3 Å². The molecule has 0 amide bonds. The van der Waals surface area contributed by atoms with Gasteiger partial charge < -0.3 is 15.4 Å². The molecule has 3 rings (SSSR count). The van der Waals surface area contributed by atoms with Gasteiger partial charge in [0.1, 0.15) is 11.9 Å². The van der Waals surface area contributed by atoms with Crippen molar-refractivity contribution in [1.29, 1.82) is 0 Å². The normalized spacial score (nSPS) is 16.3. The summed E-state index contributed by atoms with van der Waals surface area (Å²) in [5.74, 6) is 1.80. The fourth-order valence-corrected chi connectivity index (χ4v) is 3.70. The Morgan fingerprint density at radius 2 is 2.07 bits per heavy atom. The Bertz CT molecular complexity index is 744. The summed E-state index contributed by atoms with van der Waals surface area (Å²) >= 11 is 1.71. The molecule has 0 radical (unpaired) electrons. The van der Waals surface area contributed by atoms with Crippen LogP contribution in [0.15, 0.2) is 34.6 Å². The summed E-state index contributed by atoms with van der Waals surface area (Å²) in [4.78, 5) is 9.38. The highest BCUT2D eigenvalue weighted by Gasteiger charge is 2.22. The molecule has 148 valence electrons. The first-order valence-corrected chi connectivity index (χ1v) is 10.1. The van der Waals surface area contributed by atoms with E-state index in [4.69, 9.17) is 9.72 Å². The molecule has 1 aliphatic heterocycles. The molecular formula is C20H29IN4OS. The van der Waals surface area contributed by atoms with Gasteiger partial charge in [-0.25, -0.2) is 9.98 Å². The number of aromatic nitrogens is 1. The summed E-state index contributed by atoms with van der Waals surface area (Å²) < 4.78 is 5.98. The molecule has 0 bridgehead atoms. The molecular weight excluding hydrogens is 471 g/mol. The van der Waals surface area contributed by atoms with Crippen molar-refractivity contribution in [3.63, 3.8) is 0 Å². The Morgan fingerprint density at radius 3 is 2.74 bits per heavy atom. The maximum Gasteiger partial charge on any atom is 0.191 e. The number of rotatable bonds is 5. The number of thiazole rings is 1. The molecule has 27 heavy (non-hydrogen) atoms. The zero-order valence-electron chi connectivity index (χ0n) is 16.4. The number of para-hydroxylation sites is 1. The highest BCUT2D eigenvalue weighted by molar-refractivity contribution is 14.0. The van der Waals surface area contributed by atoms with Gasteiger partial charge in [0.15, 0.2) is 5.96 Å². The summed E-state index contributed by atoms with van der Waals surface area (Å²) in [5.41, 5.74) is 2.38. The minimum absolute atomic E-state index is 0. The molecule has 1 atom stereocenters. The second-order valence-corrected chi connectivity index (χ2v) is 8.38. The number of hydrogen-bond donors (Lipinski definition) is 2. The van der Waals surface area contributed by atoms with Crippen LogP contribution in [0.4, 0.5) is 0 Å². The Labute approximate surface area is 183 Å². The molecule has 1 aromatic carbocycles. The molecule has 0 fully saturated rings. The van der Waals surface area contributed by atoms with E-state index < -0.39 is 0 Å². The van der Waals surface area contributed by atoms with Gasteiger partial charge in [-0.3, -0.25) is 0 Å². The predicted molar refractivity (Wildman–Crippen MR) is 124 cm³/mol. The number of guanidine groups is 1. The first-order chi connectivity index (χ1) is 12.5. The lowest BCUT2D eigenvalue weighted by atomic mass is 9.98. The van der Waals surface area contributed by atoms with Crippen molar-refractivity contribution >= 4 is 41.3 Å². The molecule has 0 aliphatic carbocycles. The Balaban J connectivity index is 0.00000261. The molecule has 7 heteroatoms.